The van der Waals surface area contributed by atoms with E-state index in [4.69, 9.17) is 4.74 Å². The smallest absolute Gasteiger partial charge is 0.341 e. The minimum absolute atomic E-state index is 0.418. The Kier molecular flexibility index (Phi) is 4.91. The maximum Gasteiger partial charge on any atom is 0.341 e. The molecule has 1 unspecified atom stereocenters. The number of benzene rings is 1. The Morgan fingerprint density at radius 1 is 1.47 bits per heavy atom. The fourth-order valence-corrected chi connectivity index (χ4v) is 1.57. The van der Waals surface area contributed by atoms with Crippen LogP contribution in [0.2, 0.25) is 0 Å². The maximum absolute atomic E-state index is 13.7. The first-order valence-electron chi connectivity index (χ1n) is 5.71. The van der Waals surface area contributed by atoms with E-state index >= 15 is 0 Å². The number of rotatable bonds is 5. The summed E-state index contributed by atoms with van der Waals surface area (Å²) in [5.41, 5.74) is -1.86. The number of esters is 1. The van der Waals surface area contributed by atoms with E-state index in [-0.39, 0.29) is 0 Å². The lowest BCUT2D eigenvalue weighted by molar-refractivity contribution is -0.387. The molecule has 104 valence electrons. The highest BCUT2D eigenvalue weighted by atomic mass is 19.1. The quantitative estimate of drug-likeness (QED) is 0.469. The van der Waals surface area contributed by atoms with Crippen LogP contribution < -0.4 is 0 Å². The zero-order valence-corrected chi connectivity index (χ0v) is 10.5. The number of carbonyl (C=O) groups excluding carboxylic acids is 1. The molecule has 7 heteroatoms. The molecule has 1 rings (SSSR count). The molecule has 0 fully saturated rings. The van der Waals surface area contributed by atoms with Crippen LogP contribution in [0.15, 0.2) is 12.1 Å². The summed E-state index contributed by atoms with van der Waals surface area (Å²) < 4.78 is 31.7. The molecule has 19 heavy (non-hydrogen) atoms. The van der Waals surface area contributed by atoms with Gasteiger partial charge in [-0.15, -0.1) is 0 Å². The fraction of sp³-hybridized carbons (Fsp3) is 0.417. The Labute approximate surface area is 108 Å². The average Bonchev–Trinajstić information content (AvgIpc) is 2.31. The summed E-state index contributed by atoms with van der Waals surface area (Å²) >= 11 is 0. The van der Waals surface area contributed by atoms with Crippen LogP contribution in [0.25, 0.3) is 0 Å². The summed E-state index contributed by atoms with van der Waals surface area (Å²) in [6.45, 7) is 3.48. The van der Waals surface area contributed by atoms with Gasteiger partial charge < -0.3 is 4.74 Å². The molecule has 0 aromatic heterocycles. The predicted octanol–water partition coefficient (Wildman–Crippen LogP) is 3.22. The van der Waals surface area contributed by atoms with E-state index in [0.29, 0.717) is 18.6 Å². The van der Waals surface area contributed by atoms with Crippen molar-refractivity contribution < 1.29 is 23.2 Å². The molecule has 0 saturated heterocycles. The molecule has 1 aromatic carbocycles. The molecule has 0 aliphatic rings. The van der Waals surface area contributed by atoms with E-state index in [1.807, 2.05) is 6.92 Å². The number of hydrogen-bond donors (Lipinski definition) is 0. The zero-order chi connectivity index (χ0) is 14.6. The third-order valence-corrected chi connectivity index (χ3v) is 2.44. The predicted molar refractivity (Wildman–Crippen MR) is 62.8 cm³/mol. The van der Waals surface area contributed by atoms with Gasteiger partial charge >= 0.3 is 11.7 Å². The summed E-state index contributed by atoms with van der Waals surface area (Å²) in [6.07, 6.45) is 0.838. The van der Waals surface area contributed by atoms with Crippen LogP contribution in [0.1, 0.15) is 37.0 Å². The third-order valence-electron chi connectivity index (χ3n) is 2.44. The summed E-state index contributed by atoms with van der Waals surface area (Å²) in [7, 11) is 0. The molecule has 0 aliphatic carbocycles. The summed E-state index contributed by atoms with van der Waals surface area (Å²) in [5, 5.41) is 10.5. The van der Waals surface area contributed by atoms with Gasteiger partial charge in [0.1, 0.15) is 11.4 Å². The van der Waals surface area contributed by atoms with Crippen molar-refractivity contribution in [1.29, 1.82) is 0 Å². The van der Waals surface area contributed by atoms with Gasteiger partial charge in [-0.25, -0.2) is 9.18 Å². The molecule has 0 amide bonds. The minimum Gasteiger partial charge on any atom is -0.459 e. The topological polar surface area (TPSA) is 69.4 Å². The van der Waals surface area contributed by atoms with Crippen molar-refractivity contribution in [3.05, 3.63) is 39.4 Å². The number of hydrogen-bond acceptors (Lipinski definition) is 4. The van der Waals surface area contributed by atoms with Gasteiger partial charge in [0.15, 0.2) is 0 Å². The van der Waals surface area contributed by atoms with Gasteiger partial charge in [-0.05, 0) is 19.4 Å². The van der Waals surface area contributed by atoms with Gasteiger partial charge in [0.2, 0.25) is 5.82 Å². The van der Waals surface area contributed by atoms with E-state index in [2.05, 4.69) is 0 Å². The Bertz CT molecular complexity index is 505. The number of nitro benzene ring substituents is 1. The Hall–Kier alpha value is -2.05. The number of ether oxygens (including phenoxy) is 1. The van der Waals surface area contributed by atoms with Crippen LogP contribution in [0.3, 0.4) is 0 Å². The first kappa shape index (κ1) is 15.0. The molecule has 5 nitrogen and oxygen atoms in total. The van der Waals surface area contributed by atoms with Gasteiger partial charge in [-0.1, -0.05) is 13.3 Å². The molecule has 0 bridgehead atoms. The van der Waals surface area contributed by atoms with Gasteiger partial charge in [-0.3, -0.25) is 10.1 Å². The van der Waals surface area contributed by atoms with E-state index in [9.17, 15) is 23.7 Å². The molecule has 0 aliphatic heterocycles. The summed E-state index contributed by atoms with van der Waals surface area (Å²) in [4.78, 5) is 21.1. The Morgan fingerprint density at radius 3 is 2.63 bits per heavy atom. The molecule has 0 saturated carbocycles. The number of halogens is 2. The second-order valence-electron chi connectivity index (χ2n) is 4.05. The SMILES string of the molecule is CCCC(C)OC(=O)c1cc(F)cc([N+](=O)[O-])c1F. The maximum atomic E-state index is 13.7. The molecule has 0 radical (unpaired) electrons. The summed E-state index contributed by atoms with van der Waals surface area (Å²) in [6, 6.07) is 1.00. The minimum atomic E-state index is -1.39. The van der Waals surface area contributed by atoms with Crippen LogP contribution >= 0.6 is 0 Å². The highest BCUT2D eigenvalue weighted by Gasteiger charge is 2.25. The van der Waals surface area contributed by atoms with E-state index in [0.717, 1.165) is 6.42 Å². The van der Waals surface area contributed by atoms with Crippen molar-refractivity contribution in [3.63, 3.8) is 0 Å². The zero-order valence-electron chi connectivity index (χ0n) is 10.5. The van der Waals surface area contributed by atoms with Crippen LogP contribution in [0.4, 0.5) is 14.5 Å². The van der Waals surface area contributed by atoms with Crippen LogP contribution in [-0.2, 0) is 4.74 Å². The molecule has 1 atom stereocenters. The van der Waals surface area contributed by atoms with Crippen molar-refractivity contribution in [2.75, 3.05) is 0 Å². The Morgan fingerprint density at radius 2 is 2.11 bits per heavy atom. The van der Waals surface area contributed by atoms with Crippen molar-refractivity contribution in [2.45, 2.75) is 32.8 Å². The molecule has 1 aromatic rings. The first-order chi connectivity index (χ1) is 8.86. The van der Waals surface area contributed by atoms with Gasteiger partial charge in [0, 0.05) is 0 Å². The third kappa shape index (κ3) is 3.70. The van der Waals surface area contributed by atoms with Crippen LogP contribution in [0.5, 0.6) is 0 Å². The Balaban J connectivity index is 3.06. The van der Waals surface area contributed by atoms with E-state index in [1.165, 1.54) is 0 Å². The lowest BCUT2D eigenvalue weighted by Gasteiger charge is -2.12. The number of carbonyl (C=O) groups is 1. The van der Waals surface area contributed by atoms with Crippen molar-refractivity contribution in [3.8, 4) is 0 Å². The van der Waals surface area contributed by atoms with Crippen LogP contribution in [0, 0.1) is 21.7 Å². The van der Waals surface area contributed by atoms with Crippen molar-refractivity contribution >= 4 is 11.7 Å². The lowest BCUT2D eigenvalue weighted by Crippen LogP contribution is -2.16. The fourth-order valence-electron chi connectivity index (χ4n) is 1.57. The average molecular weight is 273 g/mol. The molecule has 0 spiro atoms. The standard InChI is InChI=1S/C12H13F2NO4/c1-3-4-7(2)19-12(16)9-5-8(13)6-10(11(9)14)15(17)18/h5-7H,3-4H2,1-2H3. The van der Waals surface area contributed by atoms with Gasteiger partial charge in [0.05, 0.1) is 17.1 Å². The van der Waals surface area contributed by atoms with E-state index in [1.54, 1.807) is 6.92 Å². The lowest BCUT2D eigenvalue weighted by atomic mass is 10.1. The van der Waals surface area contributed by atoms with Crippen molar-refractivity contribution in [2.24, 2.45) is 0 Å². The molecular weight excluding hydrogens is 260 g/mol. The largest absolute Gasteiger partial charge is 0.459 e. The van der Waals surface area contributed by atoms with Gasteiger partial charge in [-0.2, -0.15) is 4.39 Å². The molecular formula is C12H13F2NO4. The second kappa shape index (κ2) is 6.21. The molecule has 0 heterocycles. The highest BCUT2D eigenvalue weighted by molar-refractivity contribution is 5.90. The number of nitro groups is 1. The monoisotopic (exact) mass is 273 g/mol. The van der Waals surface area contributed by atoms with Gasteiger partial charge in [0.25, 0.3) is 0 Å². The second-order valence-corrected chi connectivity index (χ2v) is 4.05. The highest BCUT2D eigenvalue weighted by Crippen LogP contribution is 2.23. The van der Waals surface area contributed by atoms with E-state index < -0.39 is 39.9 Å². The number of nitrogens with zero attached hydrogens (tertiary/aromatic N) is 1. The first-order valence-corrected chi connectivity index (χ1v) is 5.71. The molecule has 0 N–H and O–H groups in total. The van der Waals surface area contributed by atoms with Crippen LogP contribution in [-0.4, -0.2) is 17.0 Å². The summed E-state index contributed by atoms with van der Waals surface area (Å²) in [5.74, 6) is -3.57. The normalized spacial score (nSPS) is 12.0. The van der Waals surface area contributed by atoms with Crippen molar-refractivity contribution in [1.82, 2.24) is 0 Å².